The first-order valence-electron chi connectivity index (χ1n) is 13.6. The zero-order valence-corrected chi connectivity index (χ0v) is 24.5. The summed E-state index contributed by atoms with van der Waals surface area (Å²) in [5.41, 5.74) is 2.18. The summed E-state index contributed by atoms with van der Waals surface area (Å²) >= 11 is 6.08. The Bertz CT molecular complexity index is 1410. The quantitative estimate of drug-likeness (QED) is 0.332. The topological polar surface area (TPSA) is 86.8 Å². The SMILES string of the molecule is Cc1cccc(CN(C(=O)CN(c2ccc(Cl)cc2)S(=O)(=O)c2ccccc2)[C@@H](C)C(=O)NC2CCCCC2)c1. The summed E-state index contributed by atoms with van der Waals surface area (Å²) in [7, 11) is -4.10. The number of anilines is 1. The van der Waals surface area contributed by atoms with Crippen LogP contribution >= 0.6 is 11.6 Å². The van der Waals surface area contributed by atoms with Crippen molar-refractivity contribution in [3.8, 4) is 0 Å². The van der Waals surface area contributed by atoms with Gasteiger partial charge in [0.15, 0.2) is 0 Å². The number of nitrogens with zero attached hydrogens (tertiary/aromatic N) is 2. The number of rotatable bonds is 10. The van der Waals surface area contributed by atoms with Gasteiger partial charge in [-0.05, 0) is 68.7 Å². The van der Waals surface area contributed by atoms with Crippen molar-refractivity contribution < 1.29 is 18.0 Å². The third kappa shape index (κ3) is 7.43. The van der Waals surface area contributed by atoms with Crippen LogP contribution in [0.5, 0.6) is 0 Å². The Morgan fingerprint density at radius 2 is 1.62 bits per heavy atom. The molecule has 0 spiro atoms. The number of hydrogen-bond acceptors (Lipinski definition) is 4. The molecule has 1 N–H and O–H groups in total. The number of sulfonamides is 1. The predicted molar refractivity (Wildman–Crippen MR) is 159 cm³/mol. The van der Waals surface area contributed by atoms with E-state index in [1.165, 1.54) is 17.0 Å². The highest BCUT2D eigenvalue weighted by atomic mass is 35.5. The van der Waals surface area contributed by atoms with E-state index in [1.807, 2.05) is 31.2 Å². The maximum atomic E-state index is 14.0. The third-order valence-electron chi connectivity index (χ3n) is 7.28. The fourth-order valence-electron chi connectivity index (χ4n) is 5.01. The Morgan fingerprint density at radius 3 is 2.27 bits per heavy atom. The van der Waals surface area contributed by atoms with Crippen molar-refractivity contribution in [2.75, 3.05) is 10.8 Å². The second-order valence-electron chi connectivity index (χ2n) is 10.3. The molecule has 1 atom stereocenters. The van der Waals surface area contributed by atoms with E-state index in [4.69, 9.17) is 11.6 Å². The highest BCUT2D eigenvalue weighted by Crippen LogP contribution is 2.26. The van der Waals surface area contributed by atoms with Crippen LogP contribution < -0.4 is 9.62 Å². The number of amides is 2. The van der Waals surface area contributed by atoms with Gasteiger partial charge in [0.25, 0.3) is 10.0 Å². The van der Waals surface area contributed by atoms with Crippen LogP contribution in [0.1, 0.15) is 50.2 Å². The summed E-state index contributed by atoms with van der Waals surface area (Å²) < 4.78 is 28.7. The molecule has 2 amide bonds. The predicted octanol–water partition coefficient (Wildman–Crippen LogP) is 5.71. The second kappa shape index (κ2) is 13.3. The minimum absolute atomic E-state index is 0.0612. The van der Waals surface area contributed by atoms with Gasteiger partial charge in [-0.3, -0.25) is 13.9 Å². The van der Waals surface area contributed by atoms with Gasteiger partial charge in [-0.15, -0.1) is 0 Å². The standard InChI is InChI=1S/C31H36ClN3O4S/c1-23-10-9-11-25(20-23)21-34(24(2)31(37)33-27-12-5-3-6-13-27)30(36)22-35(28-18-16-26(32)17-19-28)40(38,39)29-14-7-4-8-15-29/h4,7-11,14-20,24,27H,3,5-6,12-13,21-22H2,1-2H3,(H,33,37)/t24-/m0/s1. The Hall–Kier alpha value is -3.36. The molecule has 9 heteroatoms. The Morgan fingerprint density at radius 1 is 0.950 bits per heavy atom. The molecule has 0 unspecified atom stereocenters. The minimum Gasteiger partial charge on any atom is -0.352 e. The smallest absolute Gasteiger partial charge is 0.264 e. The van der Waals surface area contributed by atoms with Gasteiger partial charge in [0.1, 0.15) is 12.6 Å². The average molecular weight is 582 g/mol. The molecular weight excluding hydrogens is 546 g/mol. The van der Waals surface area contributed by atoms with Crippen molar-refractivity contribution in [3.05, 3.63) is 95.0 Å². The van der Waals surface area contributed by atoms with E-state index in [2.05, 4.69) is 5.32 Å². The maximum Gasteiger partial charge on any atom is 0.264 e. The summed E-state index contributed by atoms with van der Waals surface area (Å²) in [6, 6.07) is 21.3. The van der Waals surface area contributed by atoms with Crippen molar-refractivity contribution >= 4 is 39.1 Å². The van der Waals surface area contributed by atoms with Crippen molar-refractivity contribution in [1.82, 2.24) is 10.2 Å². The molecule has 1 aliphatic rings. The number of benzene rings is 3. The largest absolute Gasteiger partial charge is 0.352 e. The van der Waals surface area contributed by atoms with Gasteiger partial charge in [0.05, 0.1) is 10.6 Å². The summed E-state index contributed by atoms with van der Waals surface area (Å²) in [5.74, 6) is -0.723. The highest BCUT2D eigenvalue weighted by Gasteiger charge is 2.33. The van der Waals surface area contributed by atoms with Crippen molar-refractivity contribution in [3.63, 3.8) is 0 Å². The van der Waals surface area contributed by atoms with Crippen LogP contribution in [0.2, 0.25) is 5.02 Å². The molecule has 3 aromatic carbocycles. The Balaban J connectivity index is 1.66. The lowest BCUT2D eigenvalue weighted by atomic mass is 9.95. The Kier molecular flexibility index (Phi) is 9.87. The molecule has 40 heavy (non-hydrogen) atoms. The molecule has 1 fully saturated rings. The number of halogens is 1. The van der Waals surface area contributed by atoms with Gasteiger partial charge in [0.2, 0.25) is 11.8 Å². The van der Waals surface area contributed by atoms with E-state index in [0.717, 1.165) is 47.5 Å². The lowest BCUT2D eigenvalue weighted by Crippen LogP contribution is -2.53. The number of hydrogen-bond donors (Lipinski definition) is 1. The maximum absolute atomic E-state index is 14.0. The number of carbonyl (C=O) groups excluding carboxylic acids is 2. The molecular formula is C31H36ClN3O4S. The van der Waals surface area contributed by atoms with Gasteiger partial charge in [-0.2, -0.15) is 0 Å². The fraction of sp³-hybridized carbons (Fsp3) is 0.355. The first-order valence-corrected chi connectivity index (χ1v) is 15.5. The van der Waals surface area contributed by atoms with E-state index in [1.54, 1.807) is 49.4 Å². The summed E-state index contributed by atoms with van der Waals surface area (Å²) in [5, 5.41) is 3.56. The van der Waals surface area contributed by atoms with Crippen molar-refractivity contribution in [2.45, 2.75) is 69.5 Å². The Labute approximate surface area is 242 Å². The molecule has 0 aromatic heterocycles. The number of aryl methyl sites for hydroxylation is 1. The zero-order valence-electron chi connectivity index (χ0n) is 22.9. The second-order valence-corrected chi connectivity index (χ2v) is 12.6. The van der Waals surface area contributed by atoms with Gasteiger partial charge >= 0.3 is 0 Å². The minimum atomic E-state index is -4.10. The van der Waals surface area contributed by atoms with Crippen LogP contribution in [0, 0.1) is 6.92 Å². The fourth-order valence-corrected chi connectivity index (χ4v) is 6.58. The molecule has 1 aliphatic carbocycles. The van der Waals surface area contributed by atoms with Crippen LogP contribution in [-0.4, -0.2) is 43.8 Å². The zero-order chi connectivity index (χ0) is 28.7. The summed E-state index contributed by atoms with van der Waals surface area (Å²) in [6.07, 6.45) is 5.14. The molecule has 3 aromatic rings. The van der Waals surface area contributed by atoms with Crippen LogP contribution in [0.4, 0.5) is 5.69 Å². The van der Waals surface area contributed by atoms with E-state index in [9.17, 15) is 18.0 Å². The van der Waals surface area contributed by atoms with E-state index < -0.39 is 28.5 Å². The third-order valence-corrected chi connectivity index (χ3v) is 9.32. The van der Waals surface area contributed by atoms with E-state index in [-0.39, 0.29) is 23.4 Å². The molecule has 212 valence electrons. The normalized spacial score (nSPS) is 14.8. The molecule has 0 radical (unpaired) electrons. The summed E-state index contributed by atoms with van der Waals surface area (Å²) in [6.45, 7) is 3.35. The molecule has 7 nitrogen and oxygen atoms in total. The van der Waals surface area contributed by atoms with Crippen LogP contribution in [-0.2, 0) is 26.2 Å². The highest BCUT2D eigenvalue weighted by molar-refractivity contribution is 7.92. The average Bonchev–Trinajstić information content (AvgIpc) is 2.95. The molecule has 1 saturated carbocycles. The molecule has 0 aliphatic heterocycles. The molecule has 4 rings (SSSR count). The van der Waals surface area contributed by atoms with E-state index in [0.29, 0.717) is 10.7 Å². The van der Waals surface area contributed by atoms with Gasteiger partial charge < -0.3 is 10.2 Å². The molecule has 0 saturated heterocycles. The van der Waals surface area contributed by atoms with Crippen LogP contribution in [0.25, 0.3) is 0 Å². The van der Waals surface area contributed by atoms with Gasteiger partial charge in [-0.25, -0.2) is 8.42 Å². The lowest BCUT2D eigenvalue weighted by Gasteiger charge is -2.33. The molecule has 0 bridgehead atoms. The monoisotopic (exact) mass is 581 g/mol. The van der Waals surface area contributed by atoms with Crippen LogP contribution in [0.3, 0.4) is 0 Å². The lowest BCUT2D eigenvalue weighted by molar-refractivity contribution is -0.139. The van der Waals surface area contributed by atoms with E-state index >= 15 is 0 Å². The van der Waals surface area contributed by atoms with Gasteiger partial charge in [-0.1, -0.05) is 78.9 Å². The van der Waals surface area contributed by atoms with Crippen molar-refractivity contribution in [1.29, 1.82) is 0 Å². The van der Waals surface area contributed by atoms with Crippen LogP contribution in [0.15, 0.2) is 83.8 Å². The van der Waals surface area contributed by atoms with Gasteiger partial charge in [0, 0.05) is 17.6 Å². The first kappa shape index (κ1) is 29.6. The number of nitrogens with one attached hydrogen (secondary N) is 1. The van der Waals surface area contributed by atoms with Crippen molar-refractivity contribution in [2.24, 2.45) is 0 Å². The number of carbonyl (C=O) groups is 2. The molecule has 0 heterocycles. The first-order chi connectivity index (χ1) is 19.1. The summed E-state index contributed by atoms with van der Waals surface area (Å²) in [4.78, 5) is 28.9.